The summed E-state index contributed by atoms with van der Waals surface area (Å²) < 4.78 is 0. The molecule has 0 amide bonds. The van der Waals surface area contributed by atoms with Crippen molar-refractivity contribution in [3.8, 4) is 0 Å². The molecule has 0 aromatic heterocycles. The lowest BCUT2D eigenvalue weighted by Gasteiger charge is -2.19. The topological polar surface area (TPSA) is 0 Å². The Labute approximate surface area is 111 Å². The fourth-order valence-electron chi connectivity index (χ4n) is 3.17. The van der Waals surface area contributed by atoms with Crippen LogP contribution in [0.5, 0.6) is 0 Å². The highest BCUT2D eigenvalue weighted by Gasteiger charge is 2.20. The predicted molar refractivity (Wildman–Crippen MR) is 82.7 cm³/mol. The molecule has 0 aliphatic heterocycles. The summed E-state index contributed by atoms with van der Waals surface area (Å²) in [7, 11) is 0. The third kappa shape index (κ3) is 2.22. The van der Waals surface area contributed by atoms with Crippen LogP contribution in [0.2, 0.25) is 6.82 Å². The van der Waals surface area contributed by atoms with Gasteiger partial charge in [-0.2, -0.15) is 0 Å². The second-order valence-electron chi connectivity index (χ2n) is 5.33. The van der Waals surface area contributed by atoms with Crippen molar-refractivity contribution >= 4 is 17.6 Å². The van der Waals surface area contributed by atoms with E-state index in [9.17, 15) is 0 Å². The van der Waals surface area contributed by atoms with Gasteiger partial charge < -0.3 is 0 Å². The SMILES string of the molecule is CB(c1c(C)cccc1C)c1c(C)cccc1C. The van der Waals surface area contributed by atoms with Crippen LogP contribution < -0.4 is 10.9 Å². The first-order valence-corrected chi connectivity index (χ1v) is 6.64. The standard InChI is InChI=1S/C17H21B/c1-12-8-6-9-13(2)16(12)18(5)17-14(3)10-7-11-15(17)4/h6-11H,1-5H3. The number of hydrogen-bond donors (Lipinski definition) is 0. The molecule has 0 saturated heterocycles. The van der Waals surface area contributed by atoms with Crippen molar-refractivity contribution in [2.45, 2.75) is 34.5 Å². The molecule has 0 aliphatic rings. The minimum Gasteiger partial charge on any atom is -0.0774 e. The molecule has 0 bridgehead atoms. The van der Waals surface area contributed by atoms with Crippen LogP contribution in [0.1, 0.15) is 22.3 Å². The second kappa shape index (κ2) is 5.01. The molecule has 0 heterocycles. The van der Waals surface area contributed by atoms with Crippen LogP contribution in [0.15, 0.2) is 36.4 Å². The first kappa shape index (κ1) is 12.9. The first-order valence-electron chi connectivity index (χ1n) is 6.64. The molecule has 0 fully saturated rings. The van der Waals surface area contributed by atoms with Crippen LogP contribution in [0.4, 0.5) is 0 Å². The molecule has 0 unspecified atom stereocenters. The molecular weight excluding hydrogens is 215 g/mol. The largest absolute Gasteiger partial charge is 0.207 e. The van der Waals surface area contributed by atoms with E-state index in [0.717, 1.165) is 0 Å². The Morgan fingerprint density at radius 3 is 1.17 bits per heavy atom. The smallest absolute Gasteiger partial charge is 0.0774 e. The van der Waals surface area contributed by atoms with Gasteiger partial charge in [0.2, 0.25) is 6.71 Å². The molecule has 2 aromatic carbocycles. The average molecular weight is 236 g/mol. The van der Waals surface area contributed by atoms with Crippen molar-refractivity contribution in [1.82, 2.24) is 0 Å². The Hall–Kier alpha value is -1.50. The molecule has 0 atom stereocenters. The van der Waals surface area contributed by atoms with E-state index in [1.807, 2.05) is 0 Å². The summed E-state index contributed by atoms with van der Waals surface area (Å²) in [5.41, 5.74) is 8.54. The quantitative estimate of drug-likeness (QED) is 0.702. The van der Waals surface area contributed by atoms with Crippen molar-refractivity contribution in [2.75, 3.05) is 0 Å². The maximum absolute atomic E-state index is 2.32. The van der Waals surface area contributed by atoms with E-state index in [1.54, 1.807) is 0 Å². The van der Waals surface area contributed by atoms with Crippen LogP contribution in [-0.4, -0.2) is 6.71 Å². The van der Waals surface area contributed by atoms with Gasteiger partial charge in [0.1, 0.15) is 0 Å². The van der Waals surface area contributed by atoms with E-state index < -0.39 is 0 Å². The van der Waals surface area contributed by atoms with Crippen LogP contribution >= 0.6 is 0 Å². The molecule has 1 heteroatoms. The second-order valence-corrected chi connectivity index (χ2v) is 5.33. The molecule has 92 valence electrons. The Bertz CT molecular complexity index is 478. The van der Waals surface area contributed by atoms with Crippen molar-refractivity contribution < 1.29 is 0 Å². The van der Waals surface area contributed by atoms with Crippen LogP contribution in [0.25, 0.3) is 0 Å². The van der Waals surface area contributed by atoms with Crippen molar-refractivity contribution in [2.24, 2.45) is 0 Å². The fraction of sp³-hybridized carbons (Fsp3) is 0.294. The van der Waals surface area contributed by atoms with Gasteiger partial charge in [-0.05, 0) is 27.7 Å². The number of aryl methyl sites for hydroxylation is 4. The van der Waals surface area contributed by atoms with Gasteiger partial charge in [-0.1, -0.05) is 76.4 Å². The lowest BCUT2D eigenvalue weighted by Crippen LogP contribution is -2.44. The van der Waals surface area contributed by atoms with Gasteiger partial charge in [0.05, 0.1) is 0 Å². The summed E-state index contributed by atoms with van der Waals surface area (Å²) in [5, 5.41) is 0. The first-order chi connectivity index (χ1) is 8.52. The molecule has 2 rings (SSSR count). The number of benzene rings is 2. The van der Waals surface area contributed by atoms with E-state index in [2.05, 4.69) is 70.9 Å². The van der Waals surface area contributed by atoms with Crippen molar-refractivity contribution in [3.63, 3.8) is 0 Å². The van der Waals surface area contributed by atoms with Crippen molar-refractivity contribution in [1.29, 1.82) is 0 Å². The zero-order valence-electron chi connectivity index (χ0n) is 12.0. The molecule has 0 saturated carbocycles. The third-order valence-corrected chi connectivity index (χ3v) is 3.95. The van der Waals surface area contributed by atoms with Crippen LogP contribution in [0, 0.1) is 27.7 Å². The highest BCUT2D eigenvalue weighted by molar-refractivity contribution is 6.85. The molecule has 0 spiro atoms. The minimum atomic E-state index is 0.465. The Morgan fingerprint density at radius 2 is 0.889 bits per heavy atom. The van der Waals surface area contributed by atoms with Gasteiger partial charge in [0.15, 0.2) is 0 Å². The fourth-order valence-corrected chi connectivity index (χ4v) is 3.17. The van der Waals surface area contributed by atoms with E-state index in [1.165, 1.54) is 33.2 Å². The molecule has 0 nitrogen and oxygen atoms in total. The van der Waals surface area contributed by atoms with E-state index >= 15 is 0 Å². The zero-order valence-corrected chi connectivity index (χ0v) is 12.0. The minimum absolute atomic E-state index is 0.465. The number of hydrogen-bond acceptors (Lipinski definition) is 0. The average Bonchev–Trinajstić information content (AvgIpc) is 2.28. The molecule has 2 aromatic rings. The van der Waals surface area contributed by atoms with Gasteiger partial charge in [0, 0.05) is 0 Å². The Morgan fingerprint density at radius 1 is 0.611 bits per heavy atom. The highest BCUT2D eigenvalue weighted by Crippen LogP contribution is 2.07. The van der Waals surface area contributed by atoms with Crippen molar-refractivity contribution in [3.05, 3.63) is 58.7 Å². The number of rotatable bonds is 2. The Kier molecular flexibility index (Phi) is 3.61. The van der Waals surface area contributed by atoms with E-state index in [4.69, 9.17) is 0 Å². The van der Waals surface area contributed by atoms with Gasteiger partial charge in [-0.3, -0.25) is 0 Å². The van der Waals surface area contributed by atoms with Crippen LogP contribution in [-0.2, 0) is 0 Å². The van der Waals surface area contributed by atoms with Gasteiger partial charge in [-0.25, -0.2) is 0 Å². The molecular formula is C17H21B. The van der Waals surface area contributed by atoms with E-state index in [-0.39, 0.29) is 0 Å². The lowest BCUT2D eigenvalue weighted by atomic mass is 9.39. The molecule has 0 aliphatic carbocycles. The Balaban J connectivity index is 2.58. The normalized spacial score (nSPS) is 10.5. The predicted octanol–water partition coefficient (Wildman–Crippen LogP) is 3.16. The summed E-state index contributed by atoms with van der Waals surface area (Å²) in [6.45, 7) is 11.6. The van der Waals surface area contributed by atoms with Gasteiger partial charge in [0.25, 0.3) is 0 Å². The summed E-state index contributed by atoms with van der Waals surface area (Å²) in [6, 6.07) is 13.1. The highest BCUT2D eigenvalue weighted by atomic mass is 14.0. The zero-order chi connectivity index (χ0) is 13.3. The summed E-state index contributed by atoms with van der Waals surface area (Å²) in [6.07, 6.45) is 0. The summed E-state index contributed by atoms with van der Waals surface area (Å²) >= 11 is 0. The summed E-state index contributed by atoms with van der Waals surface area (Å²) in [5.74, 6) is 0. The molecule has 18 heavy (non-hydrogen) atoms. The summed E-state index contributed by atoms with van der Waals surface area (Å²) in [4.78, 5) is 0. The monoisotopic (exact) mass is 236 g/mol. The maximum Gasteiger partial charge on any atom is 0.207 e. The van der Waals surface area contributed by atoms with Gasteiger partial charge >= 0.3 is 0 Å². The van der Waals surface area contributed by atoms with Crippen LogP contribution in [0.3, 0.4) is 0 Å². The lowest BCUT2D eigenvalue weighted by molar-refractivity contribution is 1.40. The third-order valence-electron chi connectivity index (χ3n) is 3.95. The maximum atomic E-state index is 2.32. The van der Waals surface area contributed by atoms with Gasteiger partial charge in [-0.15, -0.1) is 0 Å². The molecule has 0 N–H and O–H groups in total. The molecule has 0 radical (unpaired) electrons. The van der Waals surface area contributed by atoms with E-state index in [0.29, 0.717) is 6.71 Å².